The molecule has 1 aromatic heterocycles. The molecule has 0 unspecified atom stereocenters. The summed E-state index contributed by atoms with van der Waals surface area (Å²) in [5, 5.41) is 61.4. The Morgan fingerprint density at radius 2 is 1.23 bits per heavy atom. The van der Waals surface area contributed by atoms with Crippen LogP contribution in [-0.2, 0) is 76.4 Å². The molecule has 74 heavy (non-hydrogen) atoms. The molecule has 0 radical (unpaired) electrons. The first-order valence-electron chi connectivity index (χ1n) is 19.9. The number of aromatic hydroxyl groups is 1. The topological polar surface area (TPSA) is 422 Å². The summed E-state index contributed by atoms with van der Waals surface area (Å²) in [4.78, 5) is 13.1. The van der Waals surface area contributed by atoms with Crippen LogP contribution >= 0.6 is 36.7 Å². The second-order valence-electron chi connectivity index (χ2n) is 14.0. The lowest BCUT2D eigenvalue weighted by molar-refractivity contribution is -0.434. The van der Waals surface area contributed by atoms with Gasteiger partial charge < -0.3 is 20.6 Å². The predicted octanol–water partition coefficient (Wildman–Crippen LogP) is 7.26. The quantitative estimate of drug-likeness (QED) is 0.00598. The maximum atomic E-state index is 13.3. The molecule has 0 amide bonds. The molecule has 0 atom stereocenters. The number of phenols is 1. The van der Waals surface area contributed by atoms with Crippen molar-refractivity contribution in [3.8, 4) is 5.75 Å². The summed E-state index contributed by atoms with van der Waals surface area (Å²) in [5.74, 6) is -1.98. The number of anilines is 6. The molecule has 37 heteroatoms. The summed E-state index contributed by atoms with van der Waals surface area (Å²) >= 11 is 0.729. The van der Waals surface area contributed by atoms with Gasteiger partial charge in [-0.3, -0.25) is 17.5 Å². The van der Waals surface area contributed by atoms with Crippen LogP contribution in [0.15, 0.2) is 126 Å². The molecule has 0 saturated carbocycles. The van der Waals surface area contributed by atoms with Gasteiger partial charge in [0.25, 0.3) is 20.2 Å². The van der Waals surface area contributed by atoms with Crippen molar-refractivity contribution in [1.82, 2.24) is 15.0 Å². The fourth-order valence-corrected chi connectivity index (χ4v) is 10.7. The number of rotatable bonds is 28. The second-order valence-corrected chi connectivity index (χ2v) is 22.8. The van der Waals surface area contributed by atoms with E-state index in [4.69, 9.17) is 24.1 Å². The van der Waals surface area contributed by atoms with Gasteiger partial charge in [-0.1, -0.05) is 27.2 Å². The molecule has 0 fully saturated rings. The third-order valence-corrected chi connectivity index (χ3v) is 15.9. The largest absolute Gasteiger partial charge is 0.505 e. The van der Waals surface area contributed by atoms with Crippen LogP contribution in [-0.4, -0.2) is 110 Å². The van der Waals surface area contributed by atoms with Gasteiger partial charge in [-0.2, -0.15) is 31.8 Å². The van der Waals surface area contributed by atoms with Crippen LogP contribution in [0.2, 0.25) is 0 Å². The SMILES string of the molecule is CCN(c1cccc(S(=O)(=O)CCOSOOO)c1)c1nc(Nc2ccc(S(=O)(=O)CCOSOOO)cc2)nc(Nc2ccc3cc(SOOO)c(N=Nc4cc(S(=O)(=O)O)ccc4S(=O)(=O)O)c(O)c3c2)n1. The van der Waals surface area contributed by atoms with E-state index in [1.165, 1.54) is 71.6 Å². The van der Waals surface area contributed by atoms with E-state index >= 15 is 0 Å². The fourth-order valence-electron chi connectivity index (χ4n) is 6.23. The molecular formula is C37H36N8O22S7. The summed E-state index contributed by atoms with van der Waals surface area (Å²) in [7, 11) is -17.8. The molecule has 0 spiro atoms. The van der Waals surface area contributed by atoms with E-state index in [1.807, 2.05) is 0 Å². The number of aromatic nitrogens is 3. The van der Waals surface area contributed by atoms with Crippen LogP contribution in [0.1, 0.15) is 6.92 Å². The summed E-state index contributed by atoms with van der Waals surface area (Å²) in [6, 6.07) is 18.9. The van der Waals surface area contributed by atoms with Crippen molar-refractivity contribution >= 4 is 134 Å². The monoisotopic (exact) mass is 1170 g/mol. The maximum Gasteiger partial charge on any atom is 0.296 e. The smallest absolute Gasteiger partial charge is 0.296 e. The lowest BCUT2D eigenvalue weighted by Crippen LogP contribution is -2.21. The van der Waals surface area contributed by atoms with Crippen molar-refractivity contribution in [3.63, 3.8) is 0 Å². The van der Waals surface area contributed by atoms with Crippen LogP contribution in [0.4, 0.5) is 46.3 Å². The average molecular weight is 1170 g/mol. The van der Waals surface area contributed by atoms with Crippen LogP contribution in [0.5, 0.6) is 5.75 Å². The average Bonchev–Trinajstić information content (AvgIpc) is 3.35. The highest BCUT2D eigenvalue weighted by Crippen LogP contribution is 2.45. The van der Waals surface area contributed by atoms with E-state index in [0.717, 1.165) is 0 Å². The Balaban J connectivity index is 1.40. The first-order valence-corrected chi connectivity index (χ1v) is 28.1. The van der Waals surface area contributed by atoms with Crippen LogP contribution in [0, 0.1) is 0 Å². The lowest BCUT2D eigenvalue weighted by Gasteiger charge is -2.23. The van der Waals surface area contributed by atoms with Gasteiger partial charge in [-0.25, -0.2) is 32.6 Å². The third-order valence-electron chi connectivity index (χ3n) is 9.45. The van der Waals surface area contributed by atoms with Crippen molar-refractivity contribution < 1.29 is 100 Å². The minimum atomic E-state index is -5.07. The summed E-state index contributed by atoms with van der Waals surface area (Å²) in [6.07, 6.45) is 0. The first-order chi connectivity index (χ1) is 35.2. The highest BCUT2D eigenvalue weighted by molar-refractivity contribution is 7.94. The molecule has 0 aliphatic rings. The molecule has 0 aliphatic heterocycles. The van der Waals surface area contributed by atoms with E-state index in [-0.39, 0.29) is 99.1 Å². The lowest BCUT2D eigenvalue weighted by atomic mass is 10.1. The molecular weight excluding hydrogens is 1130 g/mol. The number of nitrogens with zero attached hydrogens (tertiary/aromatic N) is 6. The number of hydrogen-bond acceptors (Lipinski definition) is 31. The van der Waals surface area contributed by atoms with Gasteiger partial charge in [0.05, 0.1) is 56.3 Å². The second kappa shape index (κ2) is 25.8. The van der Waals surface area contributed by atoms with E-state index in [2.05, 4.69) is 63.9 Å². The molecule has 8 N–H and O–H groups in total. The third kappa shape index (κ3) is 15.5. The van der Waals surface area contributed by atoms with Gasteiger partial charge in [0.15, 0.2) is 50.1 Å². The van der Waals surface area contributed by atoms with Crippen molar-refractivity contribution in [2.45, 2.75) is 31.4 Å². The number of fused-ring (bicyclic) bond motifs is 1. The highest BCUT2D eigenvalue weighted by atomic mass is 32.2. The molecule has 30 nitrogen and oxygen atoms in total. The summed E-state index contributed by atoms with van der Waals surface area (Å²) in [5.41, 5.74) is -0.492. The zero-order valence-electron chi connectivity index (χ0n) is 37.0. The number of nitrogens with one attached hydrogen (secondary N) is 2. The molecule has 6 rings (SSSR count). The number of benzene rings is 5. The zero-order valence-corrected chi connectivity index (χ0v) is 42.7. The fraction of sp³-hybridized carbons (Fsp3) is 0.162. The predicted molar refractivity (Wildman–Crippen MR) is 259 cm³/mol. The van der Waals surface area contributed by atoms with Crippen molar-refractivity contribution in [2.75, 3.05) is 46.8 Å². The minimum absolute atomic E-state index is 0.0202. The Hall–Kier alpha value is -5.50. The van der Waals surface area contributed by atoms with E-state index in [1.54, 1.807) is 13.0 Å². The molecule has 1 heterocycles. The highest BCUT2D eigenvalue weighted by Gasteiger charge is 2.24. The van der Waals surface area contributed by atoms with Crippen molar-refractivity contribution in [2.24, 2.45) is 10.2 Å². The molecule has 0 saturated heterocycles. The normalized spacial score (nSPS) is 12.4. The molecule has 0 bridgehead atoms. The van der Waals surface area contributed by atoms with Crippen LogP contribution < -0.4 is 15.5 Å². The van der Waals surface area contributed by atoms with Crippen molar-refractivity contribution in [1.29, 1.82) is 0 Å². The molecule has 398 valence electrons. The van der Waals surface area contributed by atoms with Gasteiger partial charge in [-0.05, 0) is 91.2 Å². The van der Waals surface area contributed by atoms with Crippen LogP contribution in [0.25, 0.3) is 10.8 Å². The Bertz CT molecular complexity index is 3440. The number of azo groups is 1. The summed E-state index contributed by atoms with van der Waals surface area (Å²) in [6.45, 7) is 1.17. The van der Waals surface area contributed by atoms with Gasteiger partial charge in [-0.15, -0.1) is 23.2 Å². The number of sulfone groups is 2. The van der Waals surface area contributed by atoms with Gasteiger partial charge in [0.2, 0.25) is 17.8 Å². The molecule has 6 aromatic rings. The molecule has 5 aromatic carbocycles. The Morgan fingerprint density at radius 1 is 0.635 bits per heavy atom. The minimum Gasteiger partial charge on any atom is -0.505 e. The molecule has 0 aliphatic carbocycles. The van der Waals surface area contributed by atoms with E-state index in [0.29, 0.717) is 35.9 Å². The standard InChI is InChI=1S/C37H36N8O22S7/c1-2-45(25-4-3-5-27(20-25)72(52,53)17-15-61-70-67-64-49)37-41-35(38-23-8-10-26(11-9-23)71(50,51)16-14-60-69-66-63-48)40-36(42-37)39-24-7-6-22-18-31(68-65-62-47)33(34(46)29(22)19-24)44-43-30-21-28(73(54,55)56)12-13-32(30)74(57,58)59/h3-13,18-21,46-49H,2,14-17H2,1H3,(H,54,55,56)(H,57,58,59)(H2,38,39,40,41,42). The van der Waals surface area contributed by atoms with Gasteiger partial charge in [0, 0.05) is 29.0 Å². The van der Waals surface area contributed by atoms with Gasteiger partial charge in [0.1, 0.15) is 16.3 Å². The Labute approximate surface area is 431 Å². The van der Waals surface area contributed by atoms with Crippen molar-refractivity contribution in [3.05, 3.63) is 91.0 Å². The maximum absolute atomic E-state index is 13.3. The Kier molecular flexibility index (Phi) is 20.2. The zero-order chi connectivity index (χ0) is 53.7. The van der Waals surface area contributed by atoms with Crippen LogP contribution in [0.3, 0.4) is 0 Å². The number of hydrogen-bond donors (Lipinski definition) is 8. The van der Waals surface area contributed by atoms with E-state index < -0.39 is 78.3 Å². The first kappa shape index (κ1) is 57.8. The number of phenolic OH excluding ortho intramolecular Hbond substituents is 1. The summed E-state index contributed by atoms with van der Waals surface area (Å²) < 4.78 is 142. The van der Waals surface area contributed by atoms with E-state index in [9.17, 15) is 47.9 Å². The van der Waals surface area contributed by atoms with Gasteiger partial charge >= 0.3 is 0 Å². The Morgan fingerprint density at radius 3 is 1.82 bits per heavy atom.